The van der Waals surface area contributed by atoms with E-state index in [0.717, 1.165) is 32.6 Å². The van der Waals surface area contributed by atoms with Crippen LogP contribution in [0.4, 0.5) is 4.79 Å². The third-order valence-corrected chi connectivity index (χ3v) is 5.71. The molecule has 0 radical (unpaired) electrons. The molecule has 0 spiro atoms. The number of hydrogen-bond acceptors (Lipinski definition) is 4. The van der Waals surface area contributed by atoms with E-state index < -0.39 is 9.84 Å². The Morgan fingerprint density at radius 2 is 2.05 bits per heavy atom. The van der Waals surface area contributed by atoms with E-state index in [-0.39, 0.29) is 23.5 Å². The third kappa shape index (κ3) is 4.35. The first-order valence-corrected chi connectivity index (χ1v) is 8.70. The minimum atomic E-state index is -2.85. The van der Waals surface area contributed by atoms with Crippen molar-refractivity contribution in [2.75, 3.05) is 51.3 Å². The van der Waals surface area contributed by atoms with Gasteiger partial charge in [-0.2, -0.15) is 0 Å². The molecular weight excluding hydrogens is 266 g/mol. The molecule has 2 saturated heterocycles. The van der Waals surface area contributed by atoms with E-state index in [2.05, 4.69) is 17.3 Å². The third-order valence-electron chi connectivity index (χ3n) is 3.88. The van der Waals surface area contributed by atoms with Gasteiger partial charge >= 0.3 is 6.03 Å². The number of urea groups is 1. The average molecular weight is 289 g/mol. The zero-order chi connectivity index (χ0) is 13.9. The molecule has 7 heteroatoms. The van der Waals surface area contributed by atoms with Crippen molar-refractivity contribution >= 4 is 15.9 Å². The standard InChI is InChI=1S/C12H23N3O3S/c1-14-4-2-5-15(7-6-14)12(16)13-9-11-3-8-19(17,18)10-11/h11H,2-10H2,1H3,(H,13,16). The van der Waals surface area contributed by atoms with Crippen LogP contribution < -0.4 is 5.32 Å². The van der Waals surface area contributed by atoms with Crippen molar-refractivity contribution in [3.63, 3.8) is 0 Å². The highest BCUT2D eigenvalue weighted by Gasteiger charge is 2.28. The largest absolute Gasteiger partial charge is 0.338 e. The molecule has 1 atom stereocenters. The van der Waals surface area contributed by atoms with E-state index in [0.29, 0.717) is 13.0 Å². The molecule has 19 heavy (non-hydrogen) atoms. The van der Waals surface area contributed by atoms with Crippen LogP contribution in [0.3, 0.4) is 0 Å². The maximum absolute atomic E-state index is 12.0. The number of amides is 2. The fourth-order valence-electron chi connectivity index (χ4n) is 2.63. The molecule has 0 aromatic rings. The second-order valence-corrected chi connectivity index (χ2v) is 7.83. The molecule has 1 unspecified atom stereocenters. The maximum Gasteiger partial charge on any atom is 0.317 e. The molecule has 110 valence electrons. The van der Waals surface area contributed by atoms with Gasteiger partial charge in [0.15, 0.2) is 9.84 Å². The molecule has 0 aliphatic carbocycles. The summed E-state index contributed by atoms with van der Waals surface area (Å²) in [7, 11) is -0.793. The van der Waals surface area contributed by atoms with Crippen molar-refractivity contribution in [2.45, 2.75) is 12.8 Å². The summed E-state index contributed by atoms with van der Waals surface area (Å²) in [6, 6.07) is -0.0559. The number of hydrogen-bond donors (Lipinski definition) is 1. The fourth-order valence-corrected chi connectivity index (χ4v) is 4.49. The van der Waals surface area contributed by atoms with Gasteiger partial charge in [0.1, 0.15) is 0 Å². The summed E-state index contributed by atoms with van der Waals surface area (Å²) >= 11 is 0. The summed E-state index contributed by atoms with van der Waals surface area (Å²) in [6.45, 7) is 3.91. The molecule has 6 nitrogen and oxygen atoms in total. The first-order chi connectivity index (χ1) is 8.96. The van der Waals surface area contributed by atoms with Crippen molar-refractivity contribution in [3.05, 3.63) is 0 Å². The Balaban J connectivity index is 1.75. The topological polar surface area (TPSA) is 69.7 Å². The number of nitrogens with zero attached hydrogens (tertiary/aromatic N) is 2. The minimum Gasteiger partial charge on any atom is -0.338 e. The van der Waals surface area contributed by atoms with Gasteiger partial charge in [0.05, 0.1) is 11.5 Å². The number of carbonyl (C=O) groups is 1. The minimum absolute atomic E-state index is 0.0559. The fraction of sp³-hybridized carbons (Fsp3) is 0.917. The molecule has 0 aromatic carbocycles. The lowest BCUT2D eigenvalue weighted by atomic mass is 10.1. The van der Waals surface area contributed by atoms with Crippen molar-refractivity contribution < 1.29 is 13.2 Å². The number of sulfone groups is 1. The smallest absolute Gasteiger partial charge is 0.317 e. The molecule has 2 aliphatic heterocycles. The number of carbonyl (C=O) groups excluding carboxylic acids is 1. The van der Waals surface area contributed by atoms with Gasteiger partial charge < -0.3 is 15.1 Å². The van der Waals surface area contributed by atoms with Gasteiger partial charge in [-0.05, 0) is 32.4 Å². The molecule has 2 fully saturated rings. The van der Waals surface area contributed by atoms with Crippen LogP contribution in [0.25, 0.3) is 0 Å². The van der Waals surface area contributed by atoms with E-state index in [1.54, 1.807) is 0 Å². The summed E-state index contributed by atoms with van der Waals surface area (Å²) in [5.41, 5.74) is 0. The van der Waals surface area contributed by atoms with E-state index in [1.807, 2.05) is 4.90 Å². The van der Waals surface area contributed by atoms with Crippen molar-refractivity contribution in [3.8, 4) is 0 Å². The molecule has 2 aliphatic rings. The van der Waals surface area contributed by atoms with Crippen molar-refractivity contribution in [1.29, 1.82) is 0 Å². The summed E-state index contributed by atoms with van der Waals surface area (Å²) in [4.78, 5) is 16.1. The van der Waals surface area contributed by atoms with E-state index in [1.165, 1.54) is 0 Å². The number of nitrogens with one attached hydrogen (secondary N) is 1. The van der Waals surface area contributed by atoms with Crippen LogP contribution in [-0.4, -0.2) is 75.5 Å². The predicted octanol–water partition coefficient (Wildman–Crippen LogP) is -0.232. The quantitative estimate of drug-likeness (QED) is 0.762. The van der Waals surface area contributed by atoms with Gasteiger partial charge in [-0.25, -0.2) is 13.2 Å². The van der Waals surface area contributed by atoms with Gasteiger partial charge in [0.25, 0.3) is 0 Å². The molecule has 1 N–H and O–H groups in total. The monoisotopic (exact) mass is 289 g/mol. The van der Waals surface area contributed by atoms with Gasteiger partial charge in [-0.3, -0.25) is 0 Å². The summed E-state index contributed by atoms with van der Waals surface area (Å²) in [5, 5.41) is 2.88. The van der Waals surface area contributed by atoms with Crippen LogP contribution in [0, 0.1) is 5.92 Å². The molecule has 2 rings (SSSR count). The Morgan fingerprint density at radius 3 is 2.74 bits per heavy atom. The zero-order valence-electron chi connectivity index (χ0n) is 11.5. The summed E-state index contributed by atoms with van der Waals surface area (Å²) in [6.07, 6.45) is 1.66. The second-order valence-electron chi connectivity index (χ2n) is 5.60. The summed E-state index contributed by atoms with van der Waals surface area (Å²) in [5.74, 6) is 0.571. The lowest BCUT2D eigenvalue weighted by molar-refractivity contribution is 0.198. The van der Waals surface area contributed by atoms with Crippen LogP contribution in [0.1, 0.15) is 12.8 Å². The number of rotatable bonds is 2. The Bertz CT molecular complexity index is 424. The Labute approximate surface area is 115 Å². The first-order valence-electron chi connectivity index (χ1n) is 6.88. The predicted molar refractivity (Wildman–Crippen MR) is 73.8 cm³/mol. The van der Waals surface area contributed by atoms with Gasteiger partial charge in [0.2, 0.25) is 0 Å². The Morgan fingerprint density at radius 1 is 1.26 bits per heavy atom. The van der Waals surface area contributed by atoms with Crippen LogP contribution in [-0.2, 0) is 9.84 Å². The number of likely N-dealkylation sites (N-methyl/N-ethyl adjacent to an activating group) is 1. The average Bonchev–Trinajstić information content (AvgIpc) is 2.56. The van der Waals surface area contributed by atoms with Crippen LogP contribution in [0.2, 0.25) is 0 Å². The lowest BCUT2D eigenvalue weighted by Gasteiger charge is -2.22. The molecule has 0 saturated carbocycles. The Hall–Kier alpha value is -0.820. The molecule has 0 aromatic heterocycles. The zero-order valence-corrected chi connectivity index (χ0v) is 12.3. The van der Waals surface area contributed by atoms with Gasteiger partial charge in [0, 0.05) is 26.2 Å². The molecule has 0 bridgehead atoms. The van der Waals surface area contributed by atoms with Crippen LogP contribution in [0.5, 0.6) is 0 Å². The maximum atomic E-state index is 12.0. The SMILES string of the molecule is CN1CCCN(C(=O)NCC2CCS(=O)(=O)C2)CC1. The molecule has 2 amide bonds. The van der Waals surface area contributed by atoms with E-state index in [9.17, 15) is 13.2 Å². The van der Waals surface area contributed by atoms with Crippen LogP contribution >= 0.6 is 0 Å². The van der Waals surface area contributed by atoms with E-state index >= 15 is 0 Å². The first kappa shape index (κ1) is 14.6. The van der Waals surface area contributed by atoms with Gasteiger partial charge in [-0.15, -0.1) is 0 Å². The highest BCUT2D eigenvalue weighted by molar-refractivity contribution is 7.91. The second kappa shape index (κ2) is 6.09. The molecular formula is C12H23N3O3S. The highest BCUT2D eigenvalue weighted by Crippen LogP contribution is 2.17. The highest BCUT2D eigenvalue weighted by atomic mass is 32.2. The van der Waals surface area contributed by atoms with Gasteiger partial charge in [-0.1, -0.05) is 0 Å². The summed E-state index contributed by atoms with van der Waals surface area (Å²) < 4.78 is 22.7. The van der Waals surface area contributed by atoms with Crippen LogP contribution in [0.15, 0.2) is 0 Å². The Kier molecular flexibility index (Phi) is 4.67. The normalized spacial score (nSPS) is 28.1. The lowest BCUT2D eigenvalue weighted by Crippen LogP contribution is -2.43. The van der Waals surface area contributed by atoms with Crippen molar-refractivity contribution in [2.24, 2.45) is 5.92 Å². The van der Waals surface area contributed by atoms with E-state index in [4.69, 9.17) is 0 Å². The molecule has 2 heterocycles. The van der Waals surface area contributed by atoms with Crippen molar-refractivity contribution in [1.82, 2.24) is 15.1 Å².